The number of hydrogen-bond acceptors (Lipinski definition) is 5. The molecule has 0 aliphatic heterocycles. The molecule has 0 aliphatic rings. The highest BCUT2D eigenvalue weighted by atomic mass is 16.6. The molecule has 0 spiro atoms. The summed E-state index contributed by atoms with van der Waals surface area (Å²) < 4.78 is 0. The highest BCUT2D eigenvalue weighted by molar-refractivity contribution is 6.03. The first-order valence-electron chi connectivity index (χ1n) is 5.81. The lowest BCUT2D eigenvalue weighted by molar-refractivity contribution is -0.384. The Bertz CT molecular complexity index is 658. The molecule has 0 unspecified atom stereocenters. The van der Waals surface area contributed by atoms with Crippen LogP contribution in [0.1, 0.15) is 10.5 Å². The van der Waals surface area contributed by atoms with Gasteiger partial charge in [0.05, 0.1) is 4.92 Å². The first kappa shape index (κ1) is 13.5. The summed E-state index contributed by atoms with van der Waals surface area (Å²) in [4.78, 5) is 26.2. The number of pyridine rings is 1. The Hall–Kier alpha value is -2.96. The van der Waals surface area contributed by atoms with Crippen molar-refractivity contribution in [3.8, 4) is 0 Å². The van der Waals surface area contributed by atoms with E-state index in [1.165, 1.54) is 18.2 Å². The van der Waals surface area contributed by atoms with E-state index in [1.54, 1.807) is 31.3 Å². The van der Waals surface area contributed by atoms with Crippen LogP contribution in [-0.4, -0.2) is 22.9 Å². The minimum absolute atomic E-state index is 0.0836. The predicted octanol–water partition coefficient (Wildman–Crippen LogP) is 2.28. The number of amides is 1. The van der Waals surface area contributed by atoms with E-state index in [9.17, 15) is 14.9 Å². The van der Waals surface area contributed by atoms with E-state index >= 15 is 0 Å². The number of carbonyl (C=O) groups is 1. The second-order valence-electron chi connectivity index (χ2n) is 3.92. The van der Waals surface area contributed by atoms with Crippen LogP contribution in [0.2, 0.25) is 0 Å². The Balaban J connectivity index is 2.18. The summed E-state index contributed by atoms with van der Waals surface area (Å²) in [6.45, 7) is 0. The van der Waals surface area contributed by atoms with Gasteiger partial charge in [-0.25, -0.2) is 4.98 Å². The predicted molar refractivity (Wildman–Crippen MR) is 74.8 cm³/mol. The molecule has 7 nitrogen and oxygen atoms in total. The highest BCUT2D eigenvalue weighted by Gasteiger charge is 2.11. The van der Waals surface area contributed by atoms with Crippen molar-refractivity contribution in [1.29, 1.82) is 0 Å². The molecular formula is C13H12N4O3. The fourth-order valence-electron chi connectivity index (χ4n) is 1.59. The van der Waals surface area contributed by atoms with Gasteiger partial charge in [-0.1, -0.05) is 12.1 Å². The van der Waals surface area contributed by atoms with E-state index in [0.717, 1.165) is 0 Å². The molecule has 0 atom stereocenters. The van der Waals surface area contributed by atoms with Gasteiger partial charge >= 0.3 is 0 Å². The van der Waals surface area contributed by atoms with Gasteiger partial charge in [-0.05, 0) is 18.2 Å². The molecule has 0 aliphatic carbocycles. The molecule has 0 saturated heterocycles. The Labute approximate surface area is 114 Å². The number of non-ortho nitro benzene ring substituents is 1. The lowest BCUT2D eigenvalue weighted by Gasteiger charge is -2.06. The number of aromatic nitrogens is 1. The Morgan fingerprint density at radius 1 is 1.25 bits per heavy atom. The molecular weight excluding hydrogens is 260 g/mol. The molecule has 0 fully saturated rings. The van der Waals surface area contributed by atoms with Gasteiger partial charge in [-0.3, -0.25) is 14.9 Å². The lowest BCUT2D eigenvalue weighted by atomic mass is 10.2. The number of nitro benzene ring substituents is 1. The van der Waals surface area contributed by atoms with Crippen molar-refractivity contribution in [1.82, 2.24) is 4.98 Å². The number of rotatable bonds is 4. The Kier molecular flexibility index (Phi) is 3.90. The molecule has 0 radical (unpaired) electrons. The zero-order chi connectivity index (χ0) is 14.5. The zero-order valence-corrected chi connectivity index (χ0v) is 10.7. The van der Waals surface area contributed by atoms with Crippen molar-refractivity contribution < 1.29 is 9.72 Å². The maximum Gasteiger partial charge on any atom is 0.274 e. The van der Waals surface area contributed by atoms with Crippen LogP contribution >= 0.6 is 0 Å². The normalized spacial score (nSPS) is 9.85. The van der Waals surface area contributed by atoms with Gasteiger partial charge in [-0.2, -0.15) is 0 Å². The summed E-state index contributed by atoms with van der Waals surface area (Å²) >= 11 is 0. The lowest BCUT2D eigenvalue weighted by Crippen LogP contribution is -2.14. The third kappa shape index (κ3) is 3.08. The van der Waals surface area contributed by atoms with Crippen LogP contribution < -0.4 is 10.6 Å². The number of nitrogens with zero attached hydrogens (tertiary/aromatic N) is 2. The van der Waals surface area contributed by atoms with Crippen LogP contribution in [-0.2, 0) is 0 Å². The van der Waals surface area contributed by atoms with Crippen molar-refractivity contribution in [3.63, 3.8) is 0 Å². The maximum atomic E-state index is 12.0. The van der Waals surface area contributed by atoms with E-state index in [0.29, 0.717) is 11.5 Å². The quantitative estimate of drug-likeness (QED) is 0.657. The third-order valence-corrected chi connectivity index (χ3v) is 2.55. The molecule has 1 heterocycles. The molecule has 2 aromatic rings. The van der Waals surface area contributed by atoms with Crippen LogP contribution in [0.25, 0.3) is 0 Å². The SMILES string of the molecule is CNc1cccc(C(=O)Nc2cccc([N+](=O)[O-])c2)n1. The average molecular weight is 272 g/mol. The van der Waals surface area contributed by atoms with Crippen LogP contribution in [0.5, 0.6) is 0 Å². The largest absolute Gasteiger partial charge is 0.373 e. The van der Waals surface area contributed by atoms with Gasteiger partial charge in [0.25, 0.3) is 11.6 Å². The highest BCUT2D eigenvalue weighted by Crippen LogP contribution is 2.17. The molecule has 1 aromatic carbocycles. The van der Waals surface area contributed by atoms with Crippen molar-refractivity contribution in [2.45, 2.75) is 0 Å². The molecule has 7 heteroatoms. The number of hydrogen-bond donors (Lipinski definition) is 2. The number of benzene rings is 1. The second kappa shape index (κ2) is 5.79. The summed E-state index contributed by atoms with van der Waals surface area (Å²) in [5.74, 6) is 0.138. The molecule has 0 bridgehead atoms. The fraction of sp³-hybridized carbons (Fsp3) is 0.0769. The van der Waals surface area contributed by atoms with Gasteiger partial charge in [0, 0.05) is 24.9 Å². The topological polar surface area (TPSA) is 97.2 Å². The van der Waals surface area contributed by atoms with E-state index in [-0.39, 0.29) is 11.4 Å². The summed E-state index contributed by atoms with van der Waals surface area (Å²) in [6.07, 6.45) is 0. The number of carbonyl (C=O) groups excluding carboxylic acids is 1. The average Bonchev–Trinajstić information content (AvgIpc) is 2.47. The van der Waals surface area contributed by atoms with Crippen LogP contribution in [0, 0.1) is 10.1 Å². The van der Waals surface area contributed by atoms with Crippen molar-refractivity contribution >= 4 is 23.1 Å². The first-order valence-corrected chi connectivity index (χ1v) is 5.81. The monoisotopic (exact) mass is 272 g/mol. The molecule has 20 heavy (non-hydrogen) atoms. The van der Waals surface area contributed by atoms with E-state index < -0.39 is 10.8 Å². The van der Waals surface area contributed by atoms with E-state index in [4.69, 9.17) is 0 Å². The summed E-state index contributed by atoms with van der Waals surface area (Å²) in [5, 5.41) is 16.1. The van der Waals surface area contributed by atoms with Crippen LogP contribution in [0.3, 0.4) is 0 Å². The number of anilines is 2. The van der Waals surface area contributed by atoms with Gasteiger partial charge in [0.15, 0.2) is 0 Å². The first-order chi connectivity index (χ1) is 9.60. The summed E-state index contributed by atoms with van der Waals surface area (Å²) in [5.41, 5.74) is 0.490. The molecule has 2 rings (SSSR count). The molecule has 1 aromatic heterocycles. The molecule has 1 amide bonds. The van der Waals surface area contributed by atoms with Gasteiger partial charge in [0.2, 0.25) is 0 Å². The van der Waals surface area contributed by atoms with Crippen molar-refractivity contribution in [3.05, 3.63) is 58.3 Å². The molecule has 2 N–H and O–H groups in total. The third-order valence-electron chi connectivity index (χ3n) is 2.55. The minimum atomic E-state index is -0.518. The van der Waals surface area contributed by atoms with Crippen molar-refractivity contribution in [2.75, 3.05) is 17.7 Å². The Morgan fingerprint density at radius 3 is 2.70 bits per heavy atom. The van der Waals surface area contributed by atoms with Gasteiger partial charge in [0.1, 0.15) is 11.5 Å². The minimum Gasteiger partial charge on any atom is -0.373 e. The fourth-order valence-corrected chi connectivity index (χ4v) is 1.59. The number of nitrogens with one attached hydrogen (secondary N) is 2. The maximum absolute atomic E-state index is 12.0. The van der Waals surface area contributed by atoms with Crippen molar-refractivity contribution in [2.24, 2.45) is 0 Å². The molecule has 102 valence electrons. The molecule has 0 saturated carbocycles. The van der Waals surface area contributed by atoms with Gasteiger partial charge in [-0.15, -0.1) is 0 Å². The van der Waals surface area contributed by atoms with Gasteiger partial charge < -0.3 is 10.6 Å². The smallest absolute Gasteiger partial charge is 0.274 e. The van der Waals surface area contributed by atoms with Crippen LogP contribution in [0.15, 0.2) is 42.5 Å². The summed E-state index contributed by atoms with van der Waals surface area (Å²) in [7, 11) is 1.70. The van der Waals surface area contributed by atoms with E-state index in [2.05, 4.69) is 15.6 Å². The summed E-state index contributed by atoms with van der Waals surface area (Å²) in [6, 6.07) is 10.7. The second-order valence-corrected chi connectivity index (χ2v) is 3.92. The Morgan fingerprint density at radius 2 is 2.00 bits per heavy atom. The number of nitro groups is 1. The van der Waals surface area contributed by atoms with Crippen LogP contribution in [0.4, 0.5) is 17.2 Å². The standard InChI is InChI=1S/C13H12N4O3/c1-14-12-7-3-6-11(16-12)13(18)15-9-4-2-5-10(8-9)17(19)20/h2-8H,1H3,(H,14,16)(H,15,18). The zero-order valence-electron chi connectivity index (χ0n) is 10.7. The van der Waals surface area contributed by atoms with E-state index in [1.807, 2.05) is 0 Å².